The van der Waals surface area contributed by atoms with E-state index >= 15 is 0 Å². The van der Waals surface area contributed by atoms with E-state index in [0.717, 1.165) is 0 Å². The van der Waals surface area contributed by atoms with Crippen molar-refractivity contribution in [1.29, 1.82) is 5.26 Å². The van der Waals surface area contributed by atoms with Gasteiger partial charge in [-0.3, -0.25) is 10.1 Å². The maximum atomic E-state index is 11.3. The van der Waals surface area contributed by atoms with Crippen LogP contribution in [0.25, 0.3) is 0 Å². The molecule has 0 atom stereocenters. The number of halogens is 1. The highest BCUT2D eigenvalue weighted by Crippen LogP contribution is 2.06. The molecule has 4 N–H and O–H groups in total. The molecule has 0 fully saturated rings. The molecule has 1 heterocycles. The maximum absolute atomic E-state index is 11.3. The summed E-state index contributed by atoms with van der Waals surface area (Å²) in [5, 5.41) is 10.7. The molecule has 72 valence electrons. The van der Waals surface area contributed by atoms with E-state index in [2.05, 4.69) is 15.3 Å². The third-order valence-corrected chi connectivity index (χ3v) is 1.53. The number of aromatic amines is 1. The number of hydrogen-bond donors (Lipinski definition) is 3. The third kappa shape index (κ3) is 2.50. The molecule has 0 unspecified atom stereocenters. The lowest BCUT2D eigenvalue weighted by molar-refractivity contribution is 0.0972. The van der Waals surface area contributed by atoms with Crippen molar-refractivity contribution in [3.63, 3.8) is 0 Å². The maximum Gasteiger partial charge on any atom is 0.274 e. The van der Waals surface area contributed by atoms with Gasteiger partial charge in [0.15, 0.2) is 0 Å². The quantitative estimate of drug-likeness (QED) is 0.351. The van der Waals surface area contributed by atoms with E-state index in [0.29, 0.717) is 5.15 Å². The third-order valence-electron chi connectivity index (χ3n) is 1.31. The van der Waals surface area contributed by atoms with Crippen molar-refractivity contribution in [2.24, 2.45) is 10.7 Å². The Labute approximate surface area is 84.4 Å². The van der Waals surface area contributed by atoms with Gasteiger partial charge in [0.25, 0.3) is 5.91 Å². The molecule has 7 heteroatoms. The number of H-pyrrole nitrogens is 1. The van der Waals surface area contributed by atoms with Crippen LogP contribution in [0.1, 0.15) is 10.5 Å². The van der Waals surface area contributed by atoms with Crippen molar-refractivity contribution in [2.45, 2.75) is 0 Å². The van der Waals surface area contributed by atoms with E-state index in [4.69, 9.17) is 22.6 Å². The summed E-state index contributed by atoms with van der Waals surface area (Å²) in [6.45, 7) is 0. The fourth-order valence-electron chi connectivity index (χ4n) is 0.766. The first-order valence-electron chi connectivity index (χ1n) is 3.51. The number of aliphatic imine (C=N–C) groups is 1. The summed E-state index contributed by atoms with van der Waals surface area (Å²) in [6.07, 6.45) is 1.44. The Morgan fingerprint density at radius 2 is 2.43 bits per heavy atom. The number of carbonyl (C=O) groups excluding carboxylic acids is 1. The van der Waals surface area contributed by atoms with Gasteiger partial charge in [-0.05, 0) is 12.1 Å². The number of carbonyl (C=O) groups is 1. The van der Waals surface area contributed by atoms with E-state index in [9.17, 15) is 4.79 Å². The summed E-state index contributed by atoms with van der Waals surface area (Å²) in [7, 11) is 0. The normalized spacial score (nSPS) is 10.7. The first kappa shape index (κ1) is 10.1. The molecule has 6 nitrogen and oxygen atoms in total. The standard InChI is InChI=1S/C7H6ClN5O/c8-5-2-1-4(12-5)6(14)13-7(10)11-3-9/h1-2,12H,(H3,10,11,13,14). The molecule has 1 aromatic rings. The number of guanidine groups is 1. The van der Waals surface area contributed by atoms with Crippen LogP contribution in [0, 0.1) is 11.5 Å². The second-order valence-corrected chi connectivity index (χ2v) is 2.68. The number of hydrogen-bond acceptors (Lipinski definition) is 3. The van der Waals surface area contributed by atoms with Crippen molar-refractivity contribution in [3.8, 4) is 6.19 Å². The monoisotopic (exact) mass is 211 g/mol. The zero-order chi connectivity index (χ0) is 10.6. The fraction of sp³-hybridized carbons (Fsp3) is 0. The van der Waals surface area contributed by atoms with Crippen molar-refractivity contribution in [2.75, 3.05) is 0 Å². The smallest absolute Gasteiger partial charge is 0.274 e. The molecular weight excluding hydrogens is 206 g/mol. The minimum Gasteiger partial charge on any atom is -0.369 e. The predicted molar refractivity (Wildman–Crippen MR) is 50.5 cm³/mol. The zero-order valence-corrected chi connectivity index (χ0v) is 7.67. The molecule has 0 saturated carbocycles. The van der Waals surface area contributed by atoms with Crippen LogP contribution in [0.3, 0.4) is 0 Å². The molecule has 1 aromatic heterocycles. The van der Waals surface area contributed by atoms with Gasteiger partial charge < -0.3 is 10.7 Å². The van der Waals surface area contributed by atoms with Crippen molar-refractivity contribution in [3.05, 3.63) is 23.0 Å². The van der Waals surface area contributed by atoms with Crippen LogP contribution < -0.4 is 11.1 Å². The van der Waals surface area contributed by atoms with Crippen LogP contribution in [0.15, 0.2) is 17.1 Å². The average molecular weight is 212 g/mol. The van der Waals surface area contributed by atoms with Gasteiger partial charge in [0, 0.05) is 0 Å². The highest BCUT2D eigenvalue weighted by atomic mass is 35.5. The number of nitrogens with one attached hydrogen (secondary N) is 2. The van der Waals surface area contributed by atoms with Gasteiger partial charge >= 0.3 is 0 Å². The number of amides is 1. The number of nitriles is 1. The van der Waals surface area contributed by atoms with E-state index in [1.807, 2.05) is 0 Å². The Hall–Kier alpha value is -2.00. The van der Waals surface area contributed by atoms with Crippen LogP contribution in [-0.4, -0.2) is 16.9 Å². The van der Waals surface area contributed by atoms with Crippen LogP contribution in [0.5, 0.6) is 0 Å². The molecule has 1 amide bonds. The largest absolute Gasteiger partial charge is 0.369 e. The summed E-state index contributed by atoms with van der Waals surface area (Å²) in [6, 6.07) is 3.01. The molecular formula is C7H6ClN5O. The molecule has 14 heavy (non-hydrogen) atoms. The first-order chi connectivity index (χ1) is 6.63. The Bertz CT molecular complexity index is 416. The second kappa shape index (κ2) is 4.30. The summed E-state index contributed by atoms with van der Waals surface area (Å²) < 4.78 is 0. The van der Waals surface area contributed by atoms with E-state index in [-0.39, 0.29) is 11.7 Å². The summed E-state index contributed by atoms with van der Waals surface area (Å²) in [4.78, 5) is 17.0. The van der Waals surface area contributed by atoms with Gasteiger partial charge in [0.2, 0.25) is 12.2 Å². The van der Waals surface area contributed by atoms with Gasteiger partial charge in [0.1, 0.15) is 10.8 Å². The molecule has 0 bridgehead atoms. The zero-order valence-electron chi connectivity index (χ0n) is 6.91. The van der Waals surface area contributed by atoms with E-state index in [1.54, 1.807) is 0 Å². The van der Waals surface area contributed by atoms with E-state index < -0.39 is 5.91 Å². The molecule has 0 saturated heterocycles. The lowest BCUT2D eigenvalue weighted by Gasteiger charge is -1.99. The van der Waals surface area contributed by atoms with Gasteiger partial charge in [-0.1, -0.05) is 11.6 Å². The highest BCUT2D eigenvalue weighted by Gasteiger charge is 2.08. The average Bonchev–Trinajstić information content (AvgIpc) is 2.52. The van der Waals surface area contributed by atoms with Crippen LogP contribution >= 0.6 is 11.6 Å². The molecule has 0 spiro atoms. The highest BCUT2D eigenvalue weighted by molar-refractivity contribution is 6.29. The van der Waals surface area contributed by atoms with Crippen LogP contribution in [0.2, 0.25) is 5.15 Å². The SMILES string of the molecule is N#CN=C(N)NC(=O)c1ccc(Cl)[nH]1. The Morgan fingerprint density at radius 1 is 1.71 bits per heavy atom. The Kier molecular flexibility index (Phi) is 3.09. The van der Waals surface area contributed by atoms with Gasteiger partial charge in [-0.25, -0.2) is 0 Å². The molecule has 0 aliphatic carbocycles. The van der Waals surface area contributed by atoms with Gasteiger partial charge in [-0.2, -0.15) is 5.26 Å². The number of nitrogens with two attached hydrogens (primary N) is 1. The van der Waals surface area contributed by atoms with Crippen molar-refractivity contribution in [1.82, 2.24) is 10.3 Å². The van der Waals surface area contributed by atoms with Crippen molar-refractivity contribution < 1.29 is 4.79 Å². The first-order valence-corrected chi connectivity index (χ1v) is 3.89. The molecule has 0 aliphatic rings. The Balaban J connectivity index is 2.69. The minimum atomic E-state index is -0.506. The second-order valence-electron chi connectivity index (χ2n) is 2.27. The number of aromatic nitrogens is 1. The van der Waals surface area contributed by atoms with E-state index in [1.165, 1.54) is 18.3 Å². The Morgan fingerprint density at radius 3 is 2.93 bits per heavy atom. The summed E-state index contributed by atoms with van der Waals surface area (Å²) in [5.74, 6) is -0.767. The molecule has 1 rings (SSSR count). The van der Waals surface area contributed by atoms with Crippen LogP contribution in [0.4, 0.5) is 0 Å². The molecule has 0 aromatic carbocycles. The topological polar surface area (TPSA) is 107 Å². The minimum absolute atomic E-state index is 0.242. The number of nitrogens with zero attached hydrogens (tertiary/aromatic N) is 2. The van der Waals surface area contributed by atoms with Gasteiger partial charge in [-0.15, -0.1) is 4.99 Å². The lowest BCUT2D eigenvalue weighted by atomic mass is 10.4. The lowest BCUT2D eigenvalue weighted by Crippen LogP contribution is -2.36. The fourth-order valence-corrected chi connectivity index (χ4v) is 0.931. The molecule has 0 aliphatic heterocycles. The van der Waals surface area contributed by atoms with Crippen molar-refractivity contribution >= 4 is 23.5 Å². The summed E-state index contributed by atoms with van der Waals surface area (Å²) in [5.41, 5.74) is 5.42. The van der Waals surface area contributed by atoms with Crippen LogP contribution in [-0.2, 0) is 0 Å². The number of rotatable bonds is 1. The van der Waals surface area contributed by atoms with Gasteiger partial charge in [0.05, 0.1) is 0 Å². The summed E-state index contributed by atoms with van der Waals surface area (Å²) >= 11 is 5.55. The predicted octanol–water partition coefficient (Wildman–Crippen LogP) is 0.194. The molecule has 0 radical (unpaired) electrons.